The lowest BCUT2D eigenvalue weighted by Crippen LogP contribution is -2.13. The molecule has 0 aliphatic rings. The number of carbonyl (C=O) groups excluding carboxylic acids is 1. The monoisotopic (exact) mass is 345 g/mol. The summed E-state index contributed by atoms with van der Waals surface area (Å²) < 4.78 is 7.51. The number of carbonyl (C=O) groups is 1. The quantitative estimate of drug-likeness (QED) is 0.590. The van der Waals surface area contributed by atoms with Gasteiger partial charge in [-0.1, -0.05) is 6.07 Å². The molecule has 1 amide bonds. The number of amides is 1. The molecule has 1 aromatic carbocycles. The molecule has 0 atom stereocenters. The highest BCUT2D eigenvalue weighted by Gasteiger charge is 2.17. The number of rotatable bonds is 4. The van der Waals surface area contributed by atoms with E-state index in [1.165, 1.54) is 0 Å². The average molecular weight is 345 g/mol. The van der Waals surface area contributed by atoms with Crippen LogP contribution >= 0.6 is 0 Å². The van der Waals surface area contributed by atoms with Crippen LogP contribution in [0.2, 0.25) is 0 Å². The zero-order valence-electron chi connectivity index (χ0n) is 14.7. The number of nitrogens with zero attached hydrogens (tertiary/aromatic N) is 2. The number of furan rings is 1. The minimum atomic E-state index is -0.125. The van der Waals surface area contributed by atoms with Gasteiger partial charge in [-0.25, -0.2) is 0 Å². The first-order valence-corrected chi connectivity index (χ1v) is 8.47. The Morgan fingerprint density at radius 3 is 2.85 bits per heavy atom. The highest BCUT2D eigenvalue weighted by atomic mass is 16.3. The lowest BCUT2D eigenvalue weighted by molar-refractivity contribution is 0.102. The van der Waals surface area contributed by atoms with Gasteiger partial charge in [0, 0.05) is 23.0 Å². The van der Waals surface area contributed by atoms with Gasteiger partial charge >= 0.3 is 0 Å². The molecule has 0 radical (unpaired) electrons. The van der Waals surface area contributed by atoms with Crippen LogP contribution in [0.3, 0.4) is 0 Å². The molecule has 4 aromatic rings. The predicted molar refractivity (Wildman–Crippen MR) is 101 cm³/mol. The van der Waals surface area contributed by atoms with Crippen molar-refractivity contribution in [3.8, 4) is 0 Å². The van der Waals surface area contributed by atoms with Crippen molar-refractivity contribution < 1.29 is 9.21 Å². The van der Waals surface area contributed by atoms with Gasteiger partial charge in [-0.05, 0) is 56.3 Å². The molecule has 1 N–H and O–H groups in total. The van der Waals surface area contributed by atoms with Crippen molar-refractivity contribution in [2.24, 2.45) is 0 Å². The second-order valence-electron chi connectivity index (χ2n) is 6.28. The second kappa shape index (κ2) is 6.52. The fraction of sp³-hybridized carbons (Fsp3) is 0.143. The molecule has 0 fully saturated rings. The molecule has 0 bridgehead atoms. The summed E-state index contributed by atoms with van der Waals surface area (Å²) in [5.41, 5.74) is 4.21. The first-order valence-electron chi connectivity index (χ1n) is 8.47. The topological polar surface area (TPSA) is 60.1 Å². The molecule has 5 heteroatoms. The van der Waals surface area contributed by atoms with E-state index in [1.54, 1.807) is 12.5 Å². The molecule has 0 saturated heterocycles. The lowest BCUT2D eigenvalue weighted by Gasteiger charge is -2.10. The van der Waals surface area contributed by atoms with E-state index < -0.39 is 0 Å². The summed E-state index contributed by atoms with van der Waals surface area (Å²) in [7, 11) is 0. The van der Waals surface area contributed by atoms with Gasteiger partial charge in [0.05, 0.1) is 29.6 Å². The summed E-state index contributed by atoms with van der Waals surface area (Å²) in [6.45, 7) is 4.56. The van der Waals surface area contributed by atoms with E-state index in [0.29, 0.717) is 12.1 Å². The third-order valence-electron chi connectivity index (χ3n) is 4.61. The normalized spacial score (nSPS) is 11.0. The smallest absolute Gasteiger partial charge is 0.257 e. The minimum absolute atomic E-state index is 0.125. The number of hydrogen-bond acceptors (Lipinski definition) is 3. The predicted octanol–water partition coefficient (Wildman–Crippen LogP) is 4.55. The molecular formula is C21H19N3O2. The Bertz CT molecular complexity index is 1070. The van der Waals surface area contributed by atoms with E-state index in [1.807, 2.05) is 62.4 Å². The third-order valence-corrected chi connectivity index (χ3v) is 4.61. The average Bonchev–Trinajstić information content (AvgIpc) is 3.26. The molecule has 0 aliphatic heterocycles. The van der Waals surface area contributed by atoms with E-state index in [4.69, 9.17) is 4.42 Å². The molecule has 0 saturated carbocycles. The van der Waals surface area contributed by atoms with Crippen LogP contribution < -0.4 is 5.32 Å². The van der Waals surface area contributed by atoms with E-state index in [9.17, 15) is 4.79 Å². The van der Waals surface area contributed by atoms with Gasteiger partial charge in [-0.15, -0.1) is 0 Å². The largest absolute Gasteiger partial charge is 0.467 e. The van der Waals surface area contributed by atoms with Crippen LogP contribution in [0.5, 0.6) is 0 Å². The first kappa shape index (κ1) is 16.1. The second-order valence-corrected chi connectivity index (χ2v) is 6.28. The summed E-state index contributed by atoms with van der Waals surface area (Å²) in [6.07, 6.45) is 3.40. The Hall–Kier alpha value is -3.34. The Morgan fingerprint density at radius 1 is 1.15 bits per heavy atom. The molecule has 0 unspecified atom stereocenters. The zero-order valence-corrected chi connectivity index (χ0v) is 14.7. The van der Waals surface area contributed by atoms with Crippen LogP contribution in [0, 0.1) is 13.8 Å². The number of fused-ring (bicyclic) bond motifs is 1. The highest BCUT2D eigenvalue weighted by Crippen LogP contribution is 2.24. The number of pyridine rings is 1. The van der Waals surface area contributed by atoms with Gasteiger partial charge in [0.15, 0.2) is 0 Å². The summed E-state index contributed by atoms with van der Waals surface area (Å²) in [5, 5.41) is 3.95. The van der Waals surface area contributed by atoms with Crippen LogP contribution in [0.1, 0.15) is 27.5 Å². The molecule has 130 valence electrons. The molecule has 5 nitrogen and oxygen atoms in total. The number of anilines is 1. The van der Waals surface area contributed by atoms with E-state index in [2.05, 4.69) is 14.9 Å². The Kier molecular flexibility index (Phi) is 4.05. The number of benzene rings is 1. The standard InChI is InChI=1S/C21H19N3O2/c1-14-12-18(15(2)24(14)13-16-6-5-11-26-16)21(25)23-20-9-3-8-19-17(20)7-4-10-22-19/h3-12H,13H2,1-2H3,(H,23,25). The van der Waals surface area contributed by atoms with Gasteiger partial charge in [0.2, 0.25) is 0 Å². The van der Waals surface area contributed by atoms with E-state index >= 15 is 0 Å². The van der Waals surface area contributed by atoms with Crippen molar-refractivity contribution >= 4 is 22.5 Å². The van der Waals surface area contributed by atoms with Crippen molar-refractivity contribution in [3.63, 3.8) is 0 Å². The molecule has 0 spiro atoms. The van der Waals surface area contributed by atoms with Crippen LogP contribution in [0.25, 0.3) is 10.9 Å². The maximum Gasteiger partial charge on any atom is 0.257 e. The van der Waals surface area contributed by atoms with E-state index in [-0.39, 0.29) is 5.91 Å². The maximum atomic E-state index is 12.9. The zero-order chi connectivity index (χ0) is 18.1. The minimum Gasteiger partial charge on any atom is -0.467 e. The third kappa shape index (κ3) is 2.88. The molecule has 3 heterocycles. The number of aryl methyl sites for hydroxylation is 1. The molecule has 3 aromatic heterocycles. The molecule has 26 heavy (non-hydrogen) atoms. The van der Waals surface area contributed by atoms with Gasteiger partial charge in [0.25, 0.3) is 5.91 Å². The molecule has 0 aliphatic carbocycles. The van der Waals surface area contributed by atoms with Crippen molar-refractivity contribution in [2.75, 3.05) is 5.32 Å². The molecule has 4 rings (SSSR count). The fourth-order valence-electron chi connectivity index (χ4n) is 3.23. The fourth-order valence-corrected chi connectivity index (χ4v) is 3.23. The highest BCUT2D eigenvalue weighted by molar-refractivity contribution is 6.09. The van der Waals surface area contributed by atoms with Crippen molar-refractivity contribution in [2.45, 2.75) is 20.4 Å². The van der Waals surface area contributed by atoms with Gasteiger partial charge in [-0.2, -0.15) is 0 Å². The van der Waals surface area contributed by atoms with Crippen molar-refractivity contribution in [3.05, 3.63) is 83.7 Å². The molecular weight excluding hydrogens is 326 g/mol. The number of hydrogen-bond donors (Lipinski definition) is 1. The van der Waals surface area contributed by atoms with Crippen LogP contribution in [-0.4, -0.2) is 15.5 Å². The van der Waals surface area contributed by atoms with Crippen LogP contribution in [-0.2, 0) is 6.54 Å². The van der Waals surface area contributed by atoms with Crippen molar-refractivity contribution in [1.29, 1.82) is 0 Å². The summed E-state index contributed by atoms with van der Waals surface area (Å²) in [4.78, 5) is 17.2. The van der Waals surface area contributed by atoms with Crippen molar-refractivity contribution in [1.82, 2.24) is 9.55 Å². The first-order chi connectivity index (χ1) is 12.6. The van der Waals surface area contributed by atoms with Gasteiger partial charge in [-0.3, -0.25) is 9.78 Å². The number of nitrogens with one attached hydrogen (secondary N) is 1. The van der Waals surface area contributed by atoms with Crippen LogP contribution in [0.15, 0.2) is 65.4 Å². The summed E-state index contributed by atoms with van der Waals surface area (Å²) >= 11 is 0. The van der Waals surface area contributed by atoms with Gasteiger partial charge < -0.3 is 14.3 Å². The maximum absolute atomic E-state index is 12.9. The SMILES string of the molecule is Cc1cc(C(=O)Nc2cccc3ncccc23)c(C)n1Cc1ccco1. The number of aromatic nitrogens is 2. The Labute approximate surface area is 151 Å². The van der Waals surface area contributed by atoms with Crippen LogP contribution in [0.4, 0.5) is 5.69 Å². The Balaban J connectivity index is 1.64. The van der Waals surface area contributed by atoms with E-state index in [0.717, 1.165) is 33.7 Å². The van der Waals surface area contributed by atoms with Gasteiger partial charge in [0.1, 0.15) is 5.76 Å². The summed E-state index contributed by atoms with van der Waals surface area (Å²) in [5.74, 6) is 0.735. The Morgan fingerprint density at radius 2 is 2.04 bits per heavy atom. The lowest BCUT2D eigenvalue weighted by atomic mass is 10.1. The summed E-state index contributed by atoms with van der Waals surface area (Å²) in [6, 6.07) is 15.3.